The molecule has 0 radical (unpaired) electrons. The Hall–Kier alpha value is -2.12. The Bertz CT molecular complexity index is 600. The molecule has 2 atom stereocenters. The maximum atomic E-state index is 9.46. The van der Waals surface area contributed by atoms with Crippen LogP contribution in [0.5, 0.6) is 11.5 Å². The minimum atomic E-state index is -0.496. The Balaban J connectivity index is 2.06. The van der Waals surface area contributed by atoms with Crippen LogP contribution in [0.25, 0.3) is 0 Å². The van der Waals surface area contributed by atoms with Crippen LogP contribution in [0.2, 0.25) is 0 Å². The topological polar surface area (TPSA) is 115 Å². The lowest BCUT2D eigenvalue weighted by atomic mass is 10.1. The van der Waals surface area contributed by atoms with Gasteiger partial charge in [0, 0.05) is 6.61 Å². The molecule has 7 heteroatoms. The number of hydrogen-bond donors (Lipinski definition) is 3. The summed E-state index contributed by atoms with van der Waals surface area (Å²) in [5.74, 6) is 0.411. The zero-order chi connectivity index (χ0) is 15.4. The minimum absolute atomic E-state index is 0.169. The molecule has 21 heavy (non-hydrogen) atoms. The van der Waals surface area contributed by atoms with E-state index in [1.54, 1.807) is 6.07 Å². The van der Waals surface area contributed by atoms with Crippen LogP contribution >= 0.6 is 0 Å². The van der Waals surface area contributed by atoms with Gasteiger partial charge in [-0.2, -0.15) is 4.98 Å². The van der Waals surface area contributed by atoms with E-state index in [0.29, 0.717) is 24.7 Å². The highest BCUT2D eigenvalue weighted by Crippen LogP contribution is 2.27. The van der Waals surface area contributed by atoms with Crippen LogP contribution in [0.3, 0.4) is 0 Å². The number of ether oxygens (including phenoxy) is 1. The van der Waals surface area contributed by atoms with Gasteiger partial charge in [0.25, 0.3) is 0 Å². The standard InChI is InChI=1S/C14H19N3O4/c1-3-20-8(2)13-16-14(21-17-13)10(15)6-9-4-5-11(18)12(19)7-9/h4-5,7-8,10,18-19H,3,6,15H2,1-2H3. The lowest BCUT2D eigenvalue weighted by molar-refractivity contribution is 0.0683. The summed E-state index contributed by atoms with van der Waals surface area (Å²) >= 11 is 0. The van der Waals surface area contributed by atoms with Crippen molar-refractivity contribution in [3.05, 3.63) is 35.5 Å². The number of aromatic hydroxyl groups is 2. The lowest BCUT2D eigenvalue weighted by Gasteiger charge is -2.08. The molecule has 0 saturated heterocycles. The molecule has 0 spiro atoms. The summed E-state index contributed by atoms with van der Waals surface area (Å²) in [5, 5.41) is 22.6. The van der Waals surface area contributed by atoms with Gasteiger partial charge in [-0.1, -0.05) is 11.2 Å². The first-order valence-electron chi connectivity index (χ1n) is 6.72. The summed E-state index contributed by atoms with van der Waals surface area (Å²) in [6, 6.07) is 4.04. The van der Waals surface area contributed by atoms with E-state index in [9.17, 15) is 10.2 Å². The van der Waals surface area contributed by atoms with Crippen molar-refractivity contribution in [2.24, 2.45) is 5.73 Å². The number of hydrogen-bond acceptors (Lipinski definition) is 7. The Morgan fingerprint density at radius 1 is 1.33 bits per heavy atom. The maximum absolute atomic E-state index is 9.46. The van der Waals surface area contributed by atoms with Gasteiger partial charge >= 0.3 is 0 Å². The predicted octanol–water partition coefficient (Wildman–Crippen LogP) is 1.82. The molecule has 1 aromatic carbocycles. The molecule has 1 heterocycles. The average Bonchev–Trinajstić information content (AvgIpc) is 2.93. The van der Waals surface area contributed by atoms with Crippen LogP contribution in [0, 0.1) is 0 Å². The lowest BCUT2D eigenvalue weighted by Crippen LogP contribution is -2.14. The Labute approximate surface area is 122 Å². The highest BCUT2D eigenvalue weighted by atomic mass is 16.5. The van der Waals surface area contributed by atoms with Gasteiger partial charge in [0.1, 0.15) is 6.10 Å². The summed E-state index contributed by atoms with van der Waals surface area (Å²) in [4.78, 5) is 4.23. The molecule has 7 nitrogen and oxygen atoms in total. The smallest absolute Gasteiger partial charge is 0.243 e. The summed E-state index contributed by atoms with van der Waals surface area (Å²) in [6.07, 6.45) is 0.149. The van der Waals surface area contributed by atoms with Crippen molar-refractivity contribution in [1.82, 2.24) is 10.1 Å². The molecule has 0 bridgehead atoms. The van der Waals surface area contributed by atoms with E-state index in [1.807, 2.05) is 13.8 Å². The Morgan fingerprint density at radius 2 is 2.10 bits per heavy atom. The third kappa shape index (κ3) is 3.71. The van der Waals surface area contributed by atoms with Crippen molar-refractivity contribution in [3.8, 4) is 11.5 Å². The number of benzene rings is 1. The summed E-state index contributed by atoms with van der Waals surface area (Å²) in [6.45, 7) is 4.28. The third-order valence-corrected chi connectivity index (χ3v) is 3.05. The Morgan fingerprint density at radius 3 is 2.76 bits per heavy atom. The van der Waals surface area contributed by atoms with E-state index >= 15 is 0 Å². The molecule has 4 N–H and O–H groups in total. The second-order valence-corrected chi connectivity index (χ2v) is 4.72. The van der Waals surface area contributed by atoms with E-state index < -0.39 is 6.04 Å². The van der Waals surface area contributed by atoms with Crippen molar-refractivity contribution < 1.29 is 19.5 Å². The molecule has 2 unspecified atom stereocenters. The number of nitrogens with zero attached hydrogens (tertiary/aromatic N) is 2. The second-order valence-electron chi connectivity index (χ2n) is 4.72. The number of aromatic nitrogens is 2. The van der Waals surface area contributed by atoms with Gasteiger partial charge in [-0.25, -0.2) is 0 Å². The van der Waals surface area contributed by atoms with Crippen LogP contribution in [0.4, 0.5) is 0 Å². The van der Waals surface area contributed by atoms with Crippen LogP contribution in [-0.2, 0) is 11.2 Å². The number of nitrogens with two attached hydrogens (primary N) is 1. The molecule has 114 valence electrons. The van der Waals surface area contributed by atoms with Crippen molar-refractivity contribution in [1.29, 1.82) is 0 Å². The van der Waals surface area contributed by atoms with Crippen LogP contribution in [0.15, 0.2) is 22.7 Å². The molecule has 2 rings (SSSR count). The van der Waals surface area contributed by atoms with E-state index in [1.165, 1.54) is 12.1 Å². The summed E-state index contributed by atoms with van der Waals surface area (Å²) in [7, 11) is 0. The number of phenolic OH excluding ortho intramolecular Hbond substituents is 2. The number of rotatable bonds is 6. The highest BCUT2D eigenvalue weighted by Gasteiger charge is 2.19. The molecule has 0 aliphatic heterocycles. The van der Waals surface area contributed by atoms with E-state index in [0.717, 1.165) is 5.56 Å². The van der Waals surface area contributed by atoms with Crippen molar-refractivity contribution >= 4 is 0 Å². The van der Waals surface area contributed by atoms with Crippen LogP contribution in [0.1, 0.15) is 43.3 Å². The van der Waals surface area contributed by atoms with Gasteiger partial charge < -0.3 is 25.2 Å². The van der Waals surface area contributed by atoms with Gasteiger partial charge in [-0.05, 0) is 38.0 Å². The minimum Gasteiger partial charge on any atom is -0.504 e. The zero-order valence-electron chi connectivity index (χ0n) is 12.0. The van der Waals surface area contributed by atoms with Gasteiger partial charge in [0.15, 0.2) is 17.3 Å². The predicted molar refractivity (Wildman–Crippen MR) is 74.7 cm³/mol. The molecule has 0 saturated carbocycles. The van der Waals surface area contributed by atoms with E-state index in [-0.39, 0.29) is 17.6 Å². The first kappa shape index (κ1) is 15.3. The quantitative estimate of drug-likeness (QED) is 0.696. The Kier molecular flexibility index (Phi) is 4.77. The first-order chi connectivity index (χ1) is 10.0. The molecule has 1 aromatic heterocycles. The van der Waals surface area contributed by atoms with Crippen LogP contribution in [-0.4, -0.2) is 27.0 Å². The average molecular weight is 293 g/mol. The van der Waals surface area contributed by atoms with Gasteiger partial charge in [0.05, 0.1) is 6.04 Å². The molecule has 0 aliphatic rings. The van der Waals surface area contributed by atoms with Crippen LogP contribution < -0.4 is 5.73 Å². The number of phenols is 2. The SMILES string of the molecule is CCOC(C)c1noc(C(N)Cc2ccc(O)c(O)c2)n1. The maximum Gasteiger partial charge on any atom is 0.243 e. The molecular weight excluding hydrogens is 274 g/mol. The van der Waals surface area contributed by atoms with Gasteiger partial charge in [0.2, 0.25) is 5.89 Å². The zero-order valence-corrected chi connectivity index (χ0v) is 12.0. The molecular formula is C14H19N3O4. The fraction of sp³-hybridized carbons (Fsp3) is 0.429. The molecule has 0 amide bonds. The van der Waals surface area contributed by atoms with E-state index in [4.69, 9.17) is 15.0 Å². The second kappa shape index (κ2) is 6.55. The fourth-order valence-corrected chi connectivity index (χ4v) is 1.92. The third-order valence-electron chi connectivity index (χ3n) is 3.05. The largest absolute Gasteiger partial charge is 0.504 e. The van der Waals surface area contributed by atoms with Gasteiger partial charge in [-0.15, -0.1) is 0 Å². The van der Waals surface area contributed by atoms with E-state index in [2.05, 4.69) is 10.1 Å². The van der Waals surface area contributed by atoms with Crippen molar-refractivity contribution in [2.75, 3.05) is 6.61 Å². The van der Waals surface area contributed by atoms with Gasteiger partial charge in [-0.3, -0.25) is 0 Å². The fourth-order valence-electron chi connectivity index (χ4n) is 1.92. The molecule has 2 aromatic rings. The molecule has 0 aliphatic carbocycles. The van der Waals surface area contributed by atoms with Crippen molar-refractivity contribution in [2.45, 2.75) is 32.4 Å². The first-order valence-corrected chi connectivity index (χ1v) is 6.72. The summed E-state index contributed by atoms with van der Waals surface area (Å²) in [5.41, 5.74) is 6.78. The monoisotopic (exact) mass is 293 g/mol. The molecule has 0 fully saturated rings. The summed E-state index contributed by atoms with van der Waals surface area (Å²) < 4.78 is 10.5. The van der Waals surface area contributed by atoms with Crippen molar-refractivity contribution in [3.63, 3.8) is 0 Å². The normalized spacial score (nSPS) is 14.0. The highest BCUT2D eigenvalue weighted by molar-refractivity contribution is 5.40.